The first-order valence-electron chi connectivity index (χ1n) is 10.2. The third-order valence-electron chi connectivity index (χ3n) is 5.09. The minimum Gasteiger partial charge on any atom is -0.496 e. The Morgan fingerprint density at radius 2 is 1.83 bits per heavy atom. The number of rotatable bonds is 9. The van der Waals surface area contributed by atoms with Crippen LogP contribution in [0.25, 0.3) is 6.08 Å². The zero-order chi connectivity index (χ0) is 20.3. The summed E-state index contributed by atoms with van der Waals surface area (Å²) in [6, 6.07) is 17.8. The molecule has 1 amide bonds. The first-order chi connectivity index (χ1) is 14.3. The van der Waals surface area contributed by atoms with E-state index in [4.69, 9.17) is 9.47 Å². The Morgan fingerprint density at radius 3 is 2.59 bits per heavy atom. The van der Waals surface area contributed by atoms with Gasteiger partial charge in [0.2, 0.25) is 5.91 Å². The van der Waals surface area contributed by atoms with Gasteiger partial charge in [-0.1, -0.05) is 48.5 Å². The van der Waals surface area contributed by atoms with Gasteiger partial charge in [-0.3, -0.25) is 9.69 Å². The topological polar surface area (TPSA) is 42.0 Å². The van der Waals surface area contributed by atoms with Crippen LogP contribution in [-0.4, -0.2) is 62.2 Å². The second kappa shape index (κ2) is 11.4. The van der Waals surface area contributed by atoms with Gasteiger partial charge < -0.3 is 14.4 Å². The number of carbonyl (C=O) groups is 1. The molecule has 0 radical (unpaired) electrons. The Labute approximate surface area is 173 Å². The lowest BCUT2D eigenvalue weighted by Crippen LogP contribution is -2.38. The number of ether oxygens (including phenoxy) is 2. The average Bonchev–Trinajstić information content (AvgIpc) is 2.78. The van der Waals surface area contributed by atoms with Crippen LogP contribution in [0.3, 0.4) is 0 Å². The van der Waals surface area contributed by atoms with E-state index in [1.165, 1.54) is 0 Å². The van der Waals surface area contributed by atoms with Gasteiger partial charge in [0, 0.05) is 44.4 Å². The number of nitrogens with zero attached hydrogens (tertiary/aromatic N) is 2. The van der Waals surface area contributed by atoms with Gasteiger partial charge in [0.1, 0.15) is 5.75 Å². The highest BCUT2D eigenvalue weighted by atomic mass is 16.5. The van der Waals surface area contributed by atoms with Crippen molar-refractivity contribution < 1.29 is 14.3 Å². The number of morpholine rings is 1. The van der Waals surface area contributed by atoms with E-state index in [2.05, 4.69) is 4.90 Å². The van der Waals surface area contributed by atoms with Crippen molar-refractivity contribution in [3.05, 3.63) is 71.8 Å². The van der Waals surface area contributed by atoms with E-state index in [1.54, 1.807) is 13.2 Å². The fourth-order valence-electron chi connectivity index (χ4n) is 3.45. The van der Waals surface area contributed by atoms with Crippen molar-refractivity contribution >= 4 is 12.0 Å². The standard InChI is InChI=1S/C24H30N2O3/c1-28-23-11-6-5-10-22(23)20-26(15-7-14-25-16-18-29-19-17-25)24(27)13-12-21-8-3-2-4-9-21/h2-6,8-13H,7,14-20H2,1H3/b13-12+. The van der Waals surface area contributed by atoms with E-state index in [0.717, 1.165) is 56.1 Å². The molecular formula is C24H30N2O3. The molecule has 0 unspecified atom stereocenters. The van der Waals surface area contributed by atoms with Crippen molar-refractivity contribution in [1.82, 2.24) is 9.80 Å². The fraction of sp³-hybridized carbons (Fsp3) is 0.375. The highest BCUT2D eigenvalue weighted by Crippen LogP contribution is 2.20. The van der Waals surface area contributed by atoms with Gasteiger partial charge in [-0.05, 0) is 24.1 Å². The maximum atomic E-state index is 13.0. The number of amides is 1. The molecule has 0 aromatic heterocycles. The molecule has 1 aliphatic heterocycles. The molecule has 0 bridgehead atoms. The normalized spacial score (nSPS) is 14.8. The van der Waals surface area contributed by atoms with Crippen molar-refractivity contribution in [3.63, 3.8) is 0 Å². The Kier molecular flexibility index (Phi) is 8.28. The Hall–Kier alpha value is -2.63. The van der Waals surface area contributed by atoms with E-state index in [-0.39, 0.29) is 5.91 Å². The van der Waals surface area contributed by atoms with Crippen LogP contribution in [0.5, 0.6) is 5.75 Å². The average molecular weight is 395 g/mol. The third-order valence-corrected chi connectivity index (χ3v) is 5.09. The molecule has 0 N–H and O–H groups in total. The van der Waals surface area contributed by atoms with Crippen LogP contribution in [0.2, 0.25) is 0 Å². The van der Waals surface area contributed by atoms with Crippen LogP contribution >= 0.6 is 0 Å². The zero-order valence-electron chi connectivity index (χ0n) is 17.1. The SMILES string of the molecule is COc1ccccc1CN(CCCN1CCOCC1)C(=O)/C=C/c1ccccc1. The monoisotopic (exact) mass is 394 g/mol. The number of hydrogen-bond acceptors (Lipinski definition) is 4. The molecule has 2 aromatic rings. The predicted octanol–water partition coefficient (Wildman–Crippen LogP) is 3.46. The molecule has 1 fully saturated rings. The first kappa shape index (κ1) is 21.1. The molecule has 1 aliphatic rings. The Morgan fingerprint density at radius 1 is 1.10 bits per heavy atom. The zero-order valence-corrected chi connectivity index (χ0v) is 17.1. The number of hydrogen-bond donors (Lipinski definition) is 0. The van der Waals surface area contributed by atoms with E-state index < -0.39 is 0 Å². The molecule has 0 aliphatic carbocycles. The van der Waals surface area contributed by atoms with E-state index in [1.807, 2.05) is 65.6 Å². The maximum Gasteiger partial charge on any atom is 0.246 e. The quantitative estimate of drug-likeness (QED) is 0.611. The van der Waals surface area contributed by atoms with Crippen molar-refractivity contribution in [2.75, 3.05) is 46.5 Å². The molecule has 0 saturated carbocycles. The summed E-state index contributed by atoms with van der Waals surface area (Å²) in [6.45, 7) is 5.73. The highest BCUT2D eigenvalue weighted by molar-refractivity contribution is 5.91. The molecular weight excluding hydrogens is 364 g/mol. The summed E-state index contributed by atoms with van der Waals surface area (Å²) in [5.41, 5.74) is 2.04. The molecule has 5 heteroatoms. The van der Waals surface area contributed by atoms with E-state index in [0.29, 0.717) is 13.1 Å². The highest BCUT2D eigenvalue weighted by Gasteiger charge is 2.15. The van der Waals surface area contributed by atoms with E-state index >= 15 is 0 Å². The van der Waals surface area contributed by atoms with Crippen LogP contribution in [0.4, 0.5) is 0 Å². The second-order valence-electron chi connectivity index (χ2n) is 7.12. The second-order valence-corrected chi connectivity index (χ2v) is 7.12. The summed E-state index contributed by atoms with van der Waals surface area (Å²) in [7, 11) is 1.67. The molecule has 0 atom stereocenters. The van der Waals surface area contributed by atoms with Crippen LogP contribution in [0.1, 0.15) is 17.5 Å². The molecule has 3 rings (SSSR count). The van der Waals surface area contributed by atoms with Crippen molar-refractivity contribution in [2.24, 2.45) is 0 Å². The maximum absolute atomic E-state index is 13.0. The summed E-state index contributed by atoms with van der Waals surface area (Å²) in [4.78, 5) is 17.3. The minimum absolute atomic E-state index is 0.0155. The summed E-state index contributed by atoms with van der Waals surface area (Å²) in [5.74, 6) is 0.826. The molecule has 1 saturated heterocycles. The van der Waals surface area contributed by atoms with Crippen LogP contribution in [0.15, 0.2) is 60.7 Å². The summed E-state index contributed by atoms with van der Waals surface area (Å²) >= 11 is 0. The number of para-hydroxylation sites is 1. The van der Waals surface area contributed by atoms with Crippen molar-refractivity contribution in [2.45, 2.75) is 13.0 Å². The first-order valence-corrected chi connectivity index (χ1v) is 10.2. The smallest absolute Gasteiger partial charge is 0.246 e. The fourth-order valence-corrected chi connectivity index (χ4v) is 3.45. The summed E-state index contributed by atoms with van der Waals surface area (Å²) in [6.07, 6.45) is 4.47. The third kappa shape index (κ3) is 6.73. The molecule has 2 aromatic carbocycles. The number of carbonyl (C=O) groups excluding carboxylic acids is 1. The van der Waals surface area contributed by atoms with Gasteiger partial charge in [0.05, 0.1) is 20.3 Å². The lowest BCUT2D eigenvalue weighted by atomic mass is 10.1. The largest absolute Gasteiger partial charge is 0.496 e. The molecule has 1 heterocycles. The number of methoxy groups -OCH3 is 1. The number of benzene rings is 2. The van der Waals surface area contributed by atoms with Gasteiger partial charge in [-0.15, -0.1) is 0 Å². The van der Waals surface area contributed by atoms with E-state index in [9.17, 15) is 4.79 Å². The van der Waals surface area contributed by atoms with Crippen LogP contribution < -0.4 is 4.74 Å². The minimum atomic E-state index is 0.0155. The Balaban J connectivity index is 1.65. The molecule has 5 nitrogen and oxygen atoms in total. The van der Waals surface area contributed by atoms with Gasteiger partial charge in [0.15, 0.2) is 0 Å². The van der Waals surface area contributed by atoms with Gasteiger partial charge >= 0.3 is 0 Å². The Bertz CT molecular complexity index is 786. The molecule has 0 spiro atoms. The molecule has 154 valence electrons. The predicted molar refractivity (Wildman–Crippen MR) is 116 cm³/mol. The summed E-state index contributed by atoms with van der Waals surface area (Å²) in [5, 5.41) is 0. The lowest BCUT2D eigenvalue weighted by Gasteiger charge is -2.28. The lowest BCUT2D eigenvalue weighted by molar-refractivity contribution is -0.126. The van der Waals surface area contributed by atoms with Crippen molar-refractivity contribution in [3.8, 4) is 5.75 Å². The van der Waals surface area contributed by atoms with Gasteiger partial charge in [0.25, 0.3) is 0 Å². The van der Waals surface area contributed by atoms with Crippen LogP contribution in [0, 0.1) is 0 Å². The van der Waals surface area contributed by atoms with Crippen molar-refractivity contribution in [1.29, 1.82) is 0 Å². The molecule has 29 heavy (non-hydrogen) atoms. The van der Waals surface area contributed by atoms with Gasteiger partial charge in [-0.2, -0.15) is 0 Å². The van der Waals surface area contributed by atoms with Crippen LogP contribution in [-0.2, 0) is 16.1 Å². The summed E-state index contributed by atoms with van der Waals surface area (Å²) < 4.78 is 10.9. The van der Waals surface area contributed by atoms with Gasteiger partial charge in [-0.25, -0.2) is 0 Å².